The number of carbonyl (C=O) groups excluding carboxylic acids is 1. The van der Waals surface area contributed by atoms with Gasteiger partial charge in [-0.2, -0.15) is 0 Å². The van der Waals surface area contributed by atoms with Crippen molar-refractivity contribution in [3.05, 3.63) is 0 Å². The fourth-order valence-corrected chi connectivity index (χ4v) is 2.43. The van der Waals surface area contributed by atoms with Crippen LogP contribution in [0.2, 0.25) is 0 Å². The van der Waals surface area contributed by atoms with Gasteiger partial charge in [0.15, 0.2) is 0 Å². The Bertz CT molecular complexity index is 297. The van der Waals surface area contributed by atoms with Crippen molar-refractivity contribution in [3.8, 4) is 0 Å². The third kappa shape index (κ3) is 3.85. The Kier molecular flexibility index (Phi) is 4.61. The predicted molar refractivity (Wildman–Crippen MR) is 69.9 cm³/mol. The maximum atomic E-state index is 12.2. The van der Waals surface area contributed by atoms with Gasteiger partial charge >= 0.3 is 6.09 Å². The average Bonchev–Trinajstić information content (AvgIpc) is 2.63. The summed E-state index contributed by atoms with van der Waals surface area (Å²) in [6.45, 7) is 10.9. The van der Waals surface area contributed by atoms with Crippen LogP contribution in [0.5, 0.6) is 0 Å². The number of carbonyl (C=O) groups is 1. The van der Waals surface area contributed by atoms with Crippen molar-refractivity contribution in [1.29, 1.82) is 0 Å². The first kappa shape index (κ1) is 15.2. The van der Waals surface area contributed by atoms with Crippen LogP contribution < -0.4 is 5.90 Å². The molecule has 1 unspecified atom stereocenters. The SMILES string of the molecule is CC(C)(C)OC(=O)N1CCCC1C(C)(C)CON. The molecule has 0 spiro atoms. The monoisotopic (exact) mass is 258 g/mol. The van der Waals surface area contributed by atoms with E-state index in [1.54, 1.807) is 0 Å². The van der Waals surface area contributed by atoms with Gasteiger partial charge in [-0.15, -0.1) is 0 Å². The van der Waals surface area contributed by atoms with Crippen molar-refractivity contribution in [2.24, 2.45) is 11.3 Å². The van der Waals surface area contributed by atoms with Crippen molar-refractivity contribution in [2.45, 2.75) is 59.1 Å². The molecule has 0 radical (unpaired) electrons. The van der Waals surface area contributed by atoms with Crippen molar-refractivity contribution in [2.75, 3.05) is 13.2 Å². The topological polar surface area (TPSA) is 64.8 Å². The molecule has 2 N–H and O–H groups in total. The van der Waals surface area contributed by atoms with Crippen LogP contribution in [0.15, 0.2) is 0 Å². The van der Waals surface area contributed by atoms with E-state index in [0.717, 1.165) is 19.4 Å². The molecular formula is C13H26N2O3. The second-order valence-corrected chi connectivity index (χ2v) is 6.63. The number of hydrogen-bond acceptors (Lipinski definition) is 4. The molecule has 0 aromatic carbocycles. The molecule has 18 heavy (non-hydrogen) atoms. The molecule has 1 rings (SSSR count). The summed E-state index contributed by atoms with van der Waals surface area (Å²) >= 11 is 0. The molecule has 1 atom stereocenters. The molecule has 0 saturated carbocycles. The van der Waals surface area contributed by atoms with Gasteiger partial charge in [0.05, 0.1) is 6.61 Å². The number of hydrogen-bond donors (Lipinski definition) is 1. The zero-order valence-corrected chi connectivity index (χ0v) is 12.2. The zero-order valence-electron chi connectivity index (χ0n) is 12.2. The molecule has 1 aliphatic rings. The van der Waals surface area contributed by atoms with E-state index in [9.17, 15) is 4.79 Å². The first-order chi connectivity index (χ1) is 8.17. The molecule has 0 aromatic rings. The van der Waals surface area contributed by atoms with Gasteiger partial charge in [-0.05, 0) is 33.6 Å². The Morgan fingerprint density at radius 1 is 1.33 bits per heavy atom. The maximum Gasteiger partial charge on any atom is 0.410 e. The lowest BCUT2D eigenvalue weighted by Crippen LogP contribution is -2.48. The number of nitrogens with zero attached hydrogens (tertiary/aromatic N) is 1. The van der Waals surface area contributed by atoms with Crippen LogP contribution >= 0.6 is 0 Å². The third-order valence-electron chi connectivity index (χ3n) is 3.24. The van der Waals surface area contributed by atoms with Crippen LogP contribution in [0.25, 0.3) is 0 Å². The fourth-order valence-electron chi connectivity index (χ4n) is 2.43. The standard InChI is InChI=1S/C13H26N2O3/c1-12(2,3)18-11(16)15-8-6-7-10(15)13(4,5)9-17-14/h10H,6-9,14H2,1-5H3. The summed E-state index contributed by atoms with van der Waals surface area (Å²) in [6.07, 6.45) is 1.73. The molecule has 1 fully saturated rings. The van der Waals surface area contributed by atoms with Gasteiger partial charge < -0.3 is 14.5 Å². The summed E-state index contributed by atoms with van der Waals surface area (Å²) in [4.78, 5) is 18.7. The summed E-state index contributed by atoms with van der Waals surface area (Å²) < 4.78 is 5.44. The second kappa shape index (κ2) is 5.45. The Hall–Kier alpha value is -0.810. The minimum Gasteiger partial charge on any atom is -0.444 e. The number of likely N-dealkylation sites (tertiary alicyclic amines) is 1. The maximum absolute atomic E-state index is 12.2. The molecule has 106 valence electrons. The van der Waals surface area contributed by atoms with Crippen molar-refractivity contribution >= 4 is 6.09 Å². The summed E-state index contributed by atoms with van der Waals surface area (Å²) in [7, 11) is 0. The molecule has 5 heteroatoms. The summed E-state index contributed by atoms with van der Waals surface area (Å²) in [5.74, 6) is 5.17. The van der Waals surface area contributed by atoms with E-state index in [2.05, 4.69) is 13.8 Å². The second-order valence-electron chi connectivity index (χ2n) is 6.63. The van der Waals surface area contributed by atoms with Gasteiger partial charge in [0.25, 0.3) is 0 Å². The zero-order chi connectivity index (χ0) is 14.0. The summed E-state index contributed by atoms with van der Waals surface area (Å²) in [5.41, 5.74) is -0.624. The lowest BCUT2D eigenvalue weighted by molar-refractivity contribution is -0.0118. The van der Waals surface area contributed by atoms with Crippen LogP contribution in [0.3, 0.4) is 0 Å². The van der Waals surface area contributed by atoms with E-state index in [1.165, 1.54) is 0 Å². The third-order valence-corrected chi connectivity index (χ3v) is 3.24. The molecule has 0 bridgehead atoms. The fraction of sp³-hybridized carbons (Fsp3) is 0.923. The molecule has 1 saturated heterocycles. The van der Waals surface area contributed by atoms with Crippen molar-refractivity contribution < 1.29 is 14.4 Å². The van der Waals surface area contributed by atoms with E-state index in [4.69, 9.17) is 15.5 Å². The van der Waals surface area contributed by atoms with Crippen LogP contribution in [0.4, 0.5) is 4.79 Å². The van der Waals surface area contributed by atoms with Crippen LogP contribution in [-0.2, 0) is 9.57 Å². The van der Waals surface area contributed by atoms with Crippen LogP contribution in [-0.4, -0.2) is 35.8 Å². The predicted octanol–water partition coefficient (Wildman–Crippen LogP) is 2.30. The van der Waals surface area contributed by atoms with Crippen molar-refractivity contribution in [3.63, 3.8) is 0 Å². The van der Waals surface area contributed by atoms with Crippen LogP contribution in [0, 0.1) is 5.41 Å². The van der Waals surface area contributed by atoms with E-state index in [1.807, 2.05) is 25.7 Å². The highest BCUT2D eigenvalue weighted by Gasteiger charge is 2.41. The van der Waals surface area contributed by atoms with Gasteiger partial charge in [-0.1, -0.05) is 13.8 Å². The smallest absolute Gasteiger partial charge is 0.410 e. The summed E-state index contributed by atoms with van der Waals surface area (Å²) in [5, 5.41) is 0. The van der Waals surface area contributed by atoms with Gasteiger partial charge in [0.2, 0.25) is 0 Å². The lowest BCUT2D eigenvalue weighted by atomic mass is 9.84. The first-order valence-corrected chi connectivity index (χ1v) is 6.49. The highest BCUT2D eigenvalue weighted by Crippen LogP contribution is 2.34. The Morgan fingerprint density at radius 2 is 1.94 bits per heavy atom. The normalized spacial score (nSPS) is 21.2. The van der Waals surface area contributed by atoms with E-state index in [0.29, 0.717) is 6.61 Å². The highest BCUT2D eigenvalue weighted by atomic mass is 16.6. The summed E-state index contributed by atoms with van der Waals surface area (Å²) in [6, 6.07) is 0.121. The quantitative estimate of drug-likeness (QED) is 0.789. The minimum absolute atomic E-state index is 0.121. The number of ether oxygens (including phenoxy) is 1. The number of nitrogens with two attached hydrogens (primary N) is 1. The molecule has 0 aromatic heterocycles. The Morgan fingerprint density at radius 3 is 2.44 bits per heavy atom. The minimum atomic E-state index is -0.460. The molecular weight excluding hydrogens is 232 g/mol. The van der Waals surface area contributed by atoms with Gasteiger partial charge in [0, 0.05) is 18.0 Å². The molecule has 1 heterocycles. The highest BCUT2D eigenvalue weighted by molar-refractivity contribution is 5.69. The van der Waals surface area contributed by atoms with E-state index in [-0.39, 0.29) is 17.6 Å². The molecule has 1 amide bonds. The van der Waals surface area contributed by atoms with Crippen molar-refractivity contribution in [1.82, 2.24) is 4.90 Å². The van der Waals surface area contributed by atoms with E-state index < -0.39 is 5.60 Å². The Labute approximate surface area is 110 Å². The first-order valence-electron chi connectivity index (χ1n) is 6.49. The average molecular weight is 258 g/mol. The molecule has 0 aliphatic carbocycles. The number of amides is 1. The Balaban J connectivity index is 2.73. The van der Waals surface area contributed by atoms with Crippen LogP contribution in [0.1, 0.15) is 47.5 Å². The van der Waals surface area contributed by atoms with Gasteiger partial charge in [0.1, 0.15) is 5.60 Å². The lowest BCUT2D eigenvalue weighted by Gasteiger charge is -2.37. The largest absolute Gasteiger partial charge is 0.444 e. The van der Waals surface area contributed by atoms with Gasteiger partial charge in [-0.25, -0.2) is 10.7 Å². The van der Waals surface area contributed by atoms with Gasteiger partial charge in [-0.3, -0.25) is 0 Å². The molecule has 1 aliphatic heterocycles. The molecule has 5 nitrogen and oxygen atoms in total. The number of rotatable bonds is 3. The van der Waals surface area contributed by atoms with E-state index >= 15 is 0 Å².